The molecular formula is C13H28O6. The van der Waals surface area contributed by atoms with Gasteiger partial charge in [-0.1, -0.05) is 6.92 Å². The number of ether oxygens (including phenoxy) is 1. The van der Waals surface area contributed by atoms with Crippen LogP contribution in [0, 0.1) is 5.41 Å². The Morgan fingerprint density at radius 2 is 1.58 bits per heavy atom. The number of hydrogen-bond donors (Lipinski definition) is 5. The minimum absolute atomic E-state index is 0.136. The topological polar surface area (TPSA) is 110 Å². The second kappa shape index (κ2) is 10.5. The molecule has 0 bridgehead atoms. The van der Waals surface area contributed by atoms with Crippen LogP contribution < -0.4 is 0 Å². The molecule has 0 fully saturated rings. The molecule has 19 heavy (non-hydrogen) atoms. The molecule has 0 saturated heterocycles. The molecule has 0 saturated carbocycles. The molecule has 0 amide bonds. The molecule has 0 heterocycles. The summed E-state index contributed by atoms with van der Waals surface area (Å²) in [6.45, 7) is 1.63. The molecule has 0 aliphatic heterocycles. The molecule has 0 aliphatic rings. The molecule has 6 nitrogen and oxygen atoms in total. The molecule has 116 valence electrons. The van der Waals surface area contributed by atoms with Crippen LogP contribution in [-0.2, 0) is 4.74 Å². The number of rotatable bonds is 12. The van der Waals surface area contributed by atoms with Crippen LogP contribution in [-0.4, -0.2) is 70.8 Å². The highest BCUT2D eigenvalue weighted by molar-refractivity contribution is 4.75. The van der Waals surface area contributed by atoms with Crippen molar-refractivity contribution >= 4 is 0 Å². The minimum atomic E-state index is -0.732. The molecule has 0 aromatic heterocycles. The summed E-state index contributed by atoms with van der Waals surface area (Å²) >= 11 is 0. The maximum Gasteiger partial charge on any atom is 0.0773 e. The summed E-state index contributed by atoms with van der Waals surface area (Å²) in [5, 5.41) is 45.8. The number of hydrogen-bond acceptors (Lipinski definition) is 6. The average molecular weight is 280 g/mol. The van der Waals surface area contributed by atoms with Crippen LogP contribution in [0.3, 0.4) is 0 Å². The maximum atomic E-state index is 9.66. The Morgan fingerprint density at radius 1 is 1.00 bits per heavy atom. The predicted molar refractivity (Wildman–Crippen MR) is 70.7 cm³/mol. The van der Waals surface area contributed by atoms with Crippen molar-refractivity contribution in [2.24, 2.45) is 5.41 Å². The average Bonchev–Trinajstić information content (AvgIpc) is 2.44. The quantitative estimate of drug-likeness (QED) is 0.322. The Labute approximate surface area is 114 Å². The number of aliphatic hydroxyl groups excluding tert-OH is 5. The molecule has 0 rings (SSSR count). The van der Waals surface area contributed by atoms with E-state index in [1.165, 1.54) is 0 Å². The van der Waals surface area contributed by atoms with Crippen molar-refractivity contribution in [3.63, 3.8) is 0 Å². The van der Waals surface area contributed by atoms with Crippen molar-refractivity contribution in [3.8, 4) is 0 Å². The third-order valence-electron chi connectivity index (χ3n) is 3.42. The van der Waals surface area contributed by atoms with E-state index in [-0.39, 0.29) is 33.0 Å². The summed E-state index contributed by atoms with van der Waals surface area (Å²) in [6.07, 6.45) is 0.750. The molecule has 6 heteroatoms. The smallest absolute Gasteiger partial charge is 0.0773 e. The van der Waals surface area contributed by atoms with E-state index in [0.29, 0.717) is 25.7 Å². The first-order chi connectivity index (χ1) is 9.03. The van der Waals surface area contributed by atoms with E-state index in [4.69, 9.17) is 14.9 Å². The van der Waals surface area contributed by atoms with E-state index in [2.05, 4.69) is 0 Å². The Kier molecular flexibility index (Phi) is 10.4. The van der Waals surface area contributed by atoms with E-state index >= 15 is 0 Å². The SMILES string of the molecule is CCC(CO)(CO)COCC(O)CCCC(O)CO. The van der Waals surface area contributed by atoms with E-state index in [1.807, 2.05) is 6.92 Å². The summed E-state index contributed by atoms with van der Waals surface area (Å²) in [5.41, 5.74) is -0.646. The second-order valence-corrected chi connectivity index (χ2v) is 5.11. The van der Waals surface area contributed by atoms with Gasteiger partial charge in [0.05, 0.1) is 45.2 Å². The van der Waals surface area contributed by atoms with Crippen LogP contribution in [0.15, 0.2) is 0 Å². The monoisotopic (exact) mass is 280 g/mol. The van der Waals surface area contributed by atoms with E-state index in [0.717, 1.165) is 0 Å². The van der Waals surface area contributed by atoms with Gasteiger partial charge in [0.1, 0.15) is 0 Å². The summed E-state index contributed by atoms with van der Waals surface area (Å²) in [6, 6.07) is 0. The third kappa shape index (κ3) is 7.81. The highest BCUT2D eigenvalue weighted by Crippen LogP contribution is 2.20. The Morgan fingerprint density at radius 3 is 2.05 bits per heavy atom. The first kappa shape index (κ1) is 18.8. The van der Waals surface area contributed by atoms with Crippen molar-refractivity contribution in [1.82, 2.24) is 0 Å². The van der Waals surface area contributed by atoms with Crippen LogP contribution in [0.1, 0.15) is 32.6 Å². The zero-order valence-electron chi connectivity index (χ0n) is 11.7. The summed E-state index contributed by atoms with van der Waals surface area (Å²) in [5.74, 6) is 0. The van der Waals surface area contributed by atoms with Crippen molar-refractivity contribution in [2.45, 2.75) is 44.8 Å². The van der Waals surface area contributed by atoms with Gasteiger partial charge in [0.2, 0.25) is 0 Å². The van der Waals surface area contributed by atoms with Gasteiger partial charge in [-0.2, -0.15) is 0 Å². The molecule has 5 N–H and O–H groups in total. The van der Waals surface area contributed by atoms with Crippen molar-refractivity contribution in [2.75, 3.05) is 33.0 Å². The molecule has 2 unspecified atom stereocenters. The maximum absolute atomic E-state index is 9.66. The fourth-order valence-corrected chi connectivity index (χ4v) is 1.64. The van der Waals surface area contributed by atoms with Gasteiger partial charge in [-0.05, 0) is 25.7 Å². The van der Waals surface area contributed by atoms with Gasteiger partial charge in [-0.15, -0.1) is 0 Å². The normalized spacial score (nSPS) is 15.5. The predicted octanol–water partition coefficient (Wildman–Crippen LogP) is -0.732. The lowest BCUT2D eigenvalue weighted by Crippen LogP contribution is -2.35. The van der Waals surface area contributed by atoms with Crippen molar-refractivity contribution < 1.29 is 30.3 Å². The third-order valence-corrected chi connectivity index (χ3v) is 3.42. The fraction of sp³-hybridized carbons (Fsp3) is 1.00. The van der Waals surface area contributed by atoms with Crippen molar-refractivity contribution in [1.29, 1.82) is 0 Å². The van der Waals surface area contributed by atoms with Crippen LogP contribution >= 0.6 is 0 Å². The molecule has 2 atom stereocenters. The van der Waals surface area contributed by atoms with Gasteiger partial charge >= 0.3 is 0 Å². The van der Waals surface area contributed by atoms with Gasteiger partial charge in [0, 0.05) is 5.41 Å². The Bertz CT molecular complexity index is 199. The second-order valence-electron chi connectivity index (χ2n) is 5.11. The van der Waals surface area contributed by atoms with E-state index < -0.39 is 17.6 Å². The van der Waals surface area contributed by atoms with Crippen LogP contribution in [0.4, 0.5) is 0 Å². The van der Waals surface area contributed by atoms with Gasteiger partial charge in [-0.3, -0.25) is 0 Å². The first-order valence-corrected chi connectivity index (χ1v) is 6.80. The van der Waals surface area contributed by atoms with Crippen molar-refractivity contribution in [3.05, 3.63) is 0 Å². The van der Waals surface area contributed by atoms with Crippen LogP contribution in [0.25, 0.3) is 0 Å². The highest BCUT2D eigenvalue weighted by atomic mass is 16.5. The molecule has 0 aromatic carbocycles. The summed E-state index contributed by atoms with van der Waals surface area (Å²) in [7, 11) is 0. The standard InChI is InChI=1S/C13H28O6/c1-2-13(8-15,9-16)10-19-7-12(18)5-3-4-11(17)6-14/h11-12,14-18H,2-10H2,1H3. The van der Waals surface area contributed by atoms with Crippen LogP contribution in [0.2, 0.25) is 0 Å². The number of aliphatic hydroxyl groups is 5. The van der Waals surface area contributed by atoms with E-state index in [1.54, 1.807) is 0 Å². The van der Waals surface area contributed by atoms with Gasteiger partial charge in [-0.25, -0.2) is 0 Å². The lowest BCUT2D eigenvalue weighted by molar-refractivity contribution is -0.0537. The Hall–Kier alpha value is -0.240. The molecular weight excluding hydrogens is 252 g/mol. The zero-order valence-corrected chi connectivity index (χ0v) is 11.7. The summed E-state index contributed by atoms with van der Waals surface area (Å²) in [4.78, 5) is 0. The van der Waals surface area contributed by atoms with Gasteiger partial charge in [0.15, 0.2) is 0 Å². The Balaban J connectivity index is 3.75. The fourth-order valence-electron chi connectivity index (χ4n) is 1.64. The molecule has 0 spiro atoms. The highest BCUT2D eigenvalue weighted by Gasteiger charge is 2.27. The lowest BCUT2D eigenvalue weighted by atomic mass is 9.88. The summed E-state index contributed by atoms with van der Waals surface area (Å²) < 4.78 is 5.34. The van der Waals surface area contributed by atoms with Gasteiger partial charge in [0.25, 0.3) is 0 Å². The first-order valence-electron chi connectivity index (χ1n) is 6.80. The minimum Gasteiger partial charge on any atom is -0.396 e. The van der Waals surface area contributed by atoms with Crippen LogP contribution in [0.5, 0.6) is 0 Å². The van der Waals surface area contributed by atoms with Gasteiger partial charge < -0.3 is 30.3 Å². The molecule has 0 aliphatic carbocycles. The molecule has 0 aromatic rings. The largest absolute Gasteiger partial charge is 0.396 e. The molecule has 0 radical (unpaired) electrons. The lowest BCUT2D eigenvalue weighted by Gasteiger charge is -2.28. The zero-order chi connectivity index (χ0) is 14.7. The van der Waals surface area contributed by atoms with E-state index in [9.17, 15) is 15.3 Å².